The van der Waals surface area contributed by atoms with Crippen molar-refractivity contribution < 1.29 is 49.4 Å². The first-order valence-electron chi connectivity index (χ1n) is 11.8. The van der Waals surface area contributed by atoms with Crippen LogP contribution in [0.1, 0.15) is 37.9 Å². The molecule has 0 spiro atoms. The number of amides is 4. The van der Waals surface area contributed by atoms with Crippen molar-refractivity contribution in [1.82, 2.24) is 19.0 Å². The molecule has 0 aliphatic rings. The number of nitrogens with two attached hydrogens (primary N) is 3. The van der Waals surface area contributed by atoms with Crippen LogP contribution in [0.25, 0.3) is 0 Å². The Kier molecular flexibility index (Phi) is 13.0. The number of hydrogen-bond acceptors (Lipinski definition) is 6. The van der Waals surface area contributed by atoms with Gasteiger partial charge in [0.05, 0.1) is 29.5 Å². The van der Waals surface area contributed by atoms with Crippen molar-refractivity contribution in [3.63, 3.8) is 0 Å². The molecule has 0 saturated heterocycles. The molecule has 3 aromatic heterocycles. The van der Waals surface area contributed by atoms with Crippen molar-refractivity contribution in [3.05, 3.63) is 53.9 Å². The normalized spacial score (nSPS) is 11.0. The van der Waals surface area contributed by atoms with Crippen LogP contribution in [0, 0.1) is 0 Å². The molecule has 14 nitrogen and oxygen atoms in total. The number of aromatic nitrogens is 3. The van der Waals surface area contributed by atoms with Crippen molar-refractivity contribution in [2.75, 3.05) is 28.2 Å². The van der Waals surface area contributed by atoms with E-state index in [9.17, 15) is 19.2 Å². The number of carbonyl (C=O) groups excluding carboxylic acids is 4. The summed E-state index contributed by atoms with van der Waals surface area (Å²) in [5, 5.41) is 16.3. The summed E-state index contributed by atoms with van der Waals surface area (Å²) < 4.78 is 4.70. The van der Waals surface area contributed by atoms with Crippen LogP contribution < -0.4 is 63.0 Å². The lowest BCUT2D eigenvalue weighted by Crippen LogP contribution is -3.00. The first kappa shape index (κ1) is 35.1. The molecule has 0 unspecified atom stereocenters. The van der Waals surface area contributed by atoms with Gasteiger partial charge in [0.25, 0.3) is 17.7 Å². The number of anilines is 3. The smallest absolute Gasteiger partial charge is 0.272 e. The first-order chi connectivity index (χ1) is 18.4. The molecule has 17 heteroatoms. The van der Waals surface area contributed by atoms with Crippen LogP contribution in [0.5, 0.6) is 0 Å². The van der Waals surface area contributed by atoms with Crippen LogP contribution in [0.4, 0.5) is 17.1 Å². The molecule has 0 radical (unpaired) electrons. The molecule has 0 aliphatic carbocycles. The fourth-order valence-corrected chi connectivity index (χ4v) is 3.86. The molecule has 41 heavy (non-hydrogen) atoms. The van der Waals surface area contributed by atoms with Gasteiger partial charge in [-0.3, -0.25) is 30.3 Å². The molecule has 0 bridgehead atoms. The summed E-state index contributed by atoms with van der Waals surface area (Å²) in [6.07, 6.45) is 5.13. The quantitative estimate of drug-likeness (QED) is 0.0588. The number of nitrogens with zero attached hydrogens (tertiary/aromatic N) is 3. The van der Waals surface area contributed by atoms with E-state index in [1.807, 2.05) is 0 Å². The Balaban J connectivity index is 0.00000420. The Morgan fingerprint density at radius 2 is 1.20 bits per heavy atom. The van der Waals surface area contributed by atoms with E-state index in [4.69, 9.17) is 16.9 Å². The van der Waals surface area contributed by atoms with Gasteiger partial charge in [-0.05, 0) is 18.2 Å². The van der Waals surface area contributed by atoms with Gasteiger partial charge >= 0.3 is 0 Å². The van der Waals surface area contributed by atoms with E-state index in [-0.39, 0.29) is 60.2 Å². The van der Waals surface area contributed by atoms with Gasteiger partial charge in [-0.1, -0.05) is 0 Å². The highest BCUT2D eigenvalue weighted by atomic mass is 35.5. The second kappa shape index (κ2) is 15.2. The number of rotatable bonds is 11. The molecule has 224 valence electrons. The van der Waals surface area contributed by atoms with E-state index in [0.717, 1.165) is 0 Å². The van der Waals surface area contributed by atoms with Gasteiger partial charge < -0.3 is 65.5 Å². The Morgan fingerprint density at radius 1 is 0.805 bits per heavy atom. The molecule has 0 aliphatic heterocycles. The number of hydrogen-bond donors (Lipinski definition) is 8. The first-order valence-corrected chi connectivity index (χ1v) is 12.5. The third-order valence-electron chi connectivity index (χ3n) is 5.73. The topological polar surface area (TPSA) is 209 Å². The molecule has 3 heterocycles. The fourth-order valence-electron chi connectivity index (χ4n) is 3.69. The van der Waals surface area contributed by atoms with Crippen LogP contribution in [-0.4, -0.2) is 61.5 Å². The van der Waals surface area contributed by atoms with Gasteiger partial charge in [0.15, 0.2) is 0 Å². The third-order valence-corrected chi connectivity index (χ3v) is 6.12. The van der Waals surface area contributed by atoms with E-state index in [0.29, 0.717) is 29.2 Å². The average molecular weight is 629 g/mol. The van der Waals surface area contributed by atoms with E-state index < -0.39 is 23.8 Å². The summed E-state index contributed by atoms with van der Waals surface area (Å²) in [5.74, 6) is -1.23. The predicted octanol–water partition coefficient (Wildman–Crippen LogP) is -7.35. The van der Waals surface area contributed by atoms with Crippen molar-refractivity contribution in [1.29, 1.82) is 0 Å². The predicted molar refractivity (Wildman–Crippen MR) is 151 cm³/mol. The van der Waals surface area contributed by atoms with E-state index in [2.05, 4.69) is 33.9 Å². The number of amidine groups is 1. The Morgan fingerprint density at radius 3 is 1.59 bits per heavy atom. The molecular weight excluding hydrogens is 595 g/mol. The molecule has 3 aromatic rings. The summed E-state index contributed by atoms with van der Waals surface area (Å²) in [5.41, 5.74) is 13.2. The molecule has 0 fully saturated rings. The molecule has 10 N–H and O–H groups in total. The maximum atomic E-state index is 12.9. The second-order valence-electron chi connectivity index (χ2n) is 8.94. The second-order valence-corrected chi connectivity index (χ2v) is 9.31. The van der Waals surface area contributed by atoms with E-state index in [1.165, 1.54) is 12.1 Å². The zero-order valence-corrected chi connectivity index (χ0v) is 25.0. The lowest BCUT2D eigenvalue weighted by atomic mass is 10.3. The summed E-state index contributed by atoms with van der Waals surface area (Å²) in [7, 11) is 5.00. The minimum absolute atomic E-state index is 0. The summed E-state index contributed by atoms with van der Waals surface area (Å²) in [6, 6.07) is 3.80. The van der Waals surface area contributed by atoms with Crippen molar-refractivity contribution in [3.8, 4) is 0 Å². The summed E-state index contributed by atoms with van der Waals surface area (Å²) >= 11 is 4.01. The zero-order valence-electron chi connectivity index (χ0n) is 22.6. The highest BCUT2D eigenvalue weighted by molar-refractivity contribution is 7.80. The Hall–Kier alpha value is -3.92. The number of halogens is 2. The average Bonchev–Trinajstić information content (AvgIpc) is 3.53. The number of thiol groups is 1. The molecule has 4 amide bonds. The van der Waals surface area contributed by atoms with Crippen LogP contribution in [-0.2, 0) is 25.9 Å². The van der Waals surface area contributed by atoms with Crippen molar-refractivity contribution in [2.24, 2.45) is 32.6 Å². The fraction of sp³-hybridized carbons (Fsp3) is 0.292. The monoisotopic (exact) mass is 627 g/mol. The van der Waals surface area contributed by atoms with Crippen LogP contribution in [0.3, 0.4) is 0 Å². The summed E-state index contributed by atoms with van der Waals surface area (Å²) in [6.45, 7) is 0.287. The van der Waals surface area contributed by atoms with Crippen LogP contribution in [0.2, 0.25) is 0 Å². The minimum atomic E-state index is -0.778. The number of aryl methyl sites for hydroxylation is 3. The van der Waals surface area contributed by atoms with Gasteiger partial charge in [-0.15, -0.1) is 0 Å². The van der Waals surface area contributed by atoms with E-state index >= 15 is 0 Å². The number of nitrogens with one attached hydrogen (secondary N) is 4. The third kappa shape index (κ3) is 9.04. The van der Waals surface area contributed by atoms with Gasteiger partial charge in [0.1, 0.15) is 17.1 Å². The standard InChI is InChI=1S/C24H32N10O4S.2ClH/c1-32-10-14(6-17(32)22(36)28-5-4-20(26)27)30-24(38)19-8-15(11-34(19)3)31-23(37)18-7-13(9-33(18)2)29-21(35)16(25)12-39;;/h6-11,16,39H,4-5,12,25H2,1-3H3,(H3,26,27)(H,28,36)(H,29,35)(H,30,38)(H,31,37);2*1H/p-1/t16-;;/m0../s1. The van der Waals surface area contributed by atoms with Gasteiger partial charge in [-0.25, -0.2) is 0 Å². The van der Waals surface area contributed by atoms with Crippen LogP contribution in [0.15, 0.2) is 36.8 Å². The maximum Gasteiger partial charge on any atom is 0.272 e. The minimum Gasteiger partial charge on any atom is -1.00 e. The SMILES string of the molecule is Cn1cc(NC(=O)c2cc(NC(=O)c3cc(NC(=O)[C@@H](N)CS)cn3C)cn2C)cc1C(=O)NCCC(N)=[NH2+].[Cl-].[Cl-]. The van der Waals surface area contributed by atoms with E-state index in [1.54, 1.807) is 59.5 Å². The zero-order chi connectivity index (χ0) is 28.9. The lowest BCUT2D eigenvalue weighted by molar-refractivity contribution is -0.118. The number of carbonyl (C=O) groups is 4. The molecule has 0 saturated carbocycles. The summed E-state index contributed by atoms with van der Waals surface area (Å²) in [4.78, 5) is 50.2. The highest BCUT2D eigenvalue weighted by Crippen LogP contribution is 2.19. The van der Waals surface area contributed by atoms with Crippen LogP contribution >= 0.6 is 12.6 Å². The highest BCUT2D eigenvalue weighted by Gasteiger charge is 2.19. The van der Waals surface area contributed by atoms with Crippen molar-refractivity contribution >= 4 is 59.2 Å². The molecule has 3 rings (SSSR count). The molecule has 0 aromatic carbocycles. The van der Waals surface area contributed by atoms with Gasteiger partial charge in [0.2, 0.25) is 11.7 Å². The molecule has 1 atom stereocenters. The molecular formula is C24H33Cl2N10O4S-. The Labute approximate surface area is 254 Å². The maximum absolute atomic E-state index is 12.9. The lowest BCUT2D eigenvalue weighted by Gasteiger charge is -2.07. The van der Waals surface area contributed by atoms with Crippen molar-refractivity contribution in [2.45, 2.75) is 12.5 Å². The van der Waals surface area contributed by atoms with Gasteiger partial charge in [0, 0.05) is 52.0 Å². The largest absolute Gasteiger partial charge is 1.00 e. The van der Waals surface area contributed by atoms with Gasteiger partial charge in [-0.2, -0.15) is 12.6 Å². The Bertz CT molecular complexity index is 1430.